The van der Waals surface area contributed by atoms with Crippen molar-refractivity contribution in [1.29, 1.82) is 0 Å². The zero-order valence-electron chi connectivity index (χ0n) is 5.74. The molecule has 0 aromatic rings. The van der Waals surface area contributed by atoms with E-state index in [4.69, 9.17) is 11.6 Å². The lowest BCUT2D eigenvalue weighted by Crippen LogP contribution is -1.81. The Hall–Kier alpha value is 0.0300. The molecule has 0 amide bonds. The summed E-state index contributed by atoms with van der Waals surface area (Å²) < 4.78 is 0. The van der Waals surface area contributed by atoms with Crippen molar-refractivity contribution < 1.29 is 0 Å². The maximum atomic E-state index is 5.58. The largest absolute Gasteiger partial charge is 0.0898 e. The van der Waals surface area contributed by atoms with E-state index in [9.17, 15) is 0 Å². The Bertz CT molecular complexity index is 78.4. The summed E-state index contributed by atoms with van der Waals surface area (Å²) in [6.45, 7) is 6.26. The fraction of sp³-hybridized carbons (Fsp3) is 0.714. The highest BCUT2D eigenvalue weighted by Gasteiger charge is 1.87. The standard InChI is InChI=1S/C7H13Cl/c1-6(2)4-5-7(3)8/h5-6H,4H2,1-3H3/b7-5-. The molecule has 0 aliphatic heterocycles. The number of rotatable bonds is 2. The van der Waals surface area contributed by atoms with Crippen LogP contribution in [0.15, 0.2) is 11.1 Å². The van der Waals surface area contributed by atoms with E-state index in [2.05, 4.69) is 13.8 Å². The summed E-state index contributed by atoms with van der Waals surface area (Å²) in [5.41, 5.74) is 0. The molecule has 0 N–H and O–H groups in total. The van der Waals surface area contributed by atoms with E-state index in [0.29, 0.717) is 0 Å². The molecule has 0 saturated carbocycles. The molecule has 48 valence electrons. The van der Waals surface area contributed by atoms with Gasteiger partial charge in [0.25, 0.3) is 0 Å². The number of halogens is 1. The summed E-state index contributed by atoms with van der Waals surface area (Å²) in [7, 11) is 0. The van der Waals surface area contributed by atoms with E-state index in [1.54, 1.807) is 0 Å². The van der Waals surface area contributed by atoms with Crippen LogP contribution in [0.2, 0.25) is 0 Å². The predicted octanol–water partition coefficient (Wildman–Crippen LogP) is 3.18. The Labute approximate surface area is 56.5 Å². The molecule has 0 saturated heterocycles. The molecule has 0 heterocycles. The summed E-state index contributed by atoms with van der Waals surface area (Å²) in [5, 5.41) is 0.902. The first kappa shape index (κ1) is 8.03. The fourth-order valence-corrected chi connectivity index (χ4v) is 0.487. The van der Waals surface area contributed by atoms with Crippen molar-refractivity contribution in [3.05, 3.63) is 11.1 Å². The van der Waals surface area contributed by atoms with Crippen molar-refractivity contribution in [3.63, 3.8) is 0 Å². The minimum atomic E-state index is 0.726. The van der Waals surface area contributed by atoms with Crippen LogP contribution in [-0.2, 0) is 0 Å². The van der Waals surface area contributed by atoms with E-state index in [0.717, 1.165) is 17.4 Å². The molecule has 0 aliphatic carbocycles. The van der Waals surface area contributed by atoms with E-state index in [-0.39, 0.29) is 0 Å². The third-order valence-electron chi connectivity index (χ3n) is 0.871. The lowest BCUT2D eigenvalue weighted by molar-refractivity contribution is 0.663. The van der Waals surface area contributed by atoms with Crippen LogP contribution in [0.1, 0.15) is 27.2 Å². The SMILES string of the molecule is C/C(Cl)=C/CC(C)C. The van der Waals surface area contributed by atoms with Crippen molar-refractivity contribution in [2.75, 3.05) is 0 Å². The minimum absolute atomic E-state index is 0.726. The normalized spacial score (nSPS) is 12.9. The highest BCUT2D eigenvalue weighted by atomic mass is 35.5. The molecule has 8 heavy (non-hydrogen) atoms. The Balaban J connectivity index is 3.29. The van der Waals surface area contributed by atoms with Gasteiger partial charge in [-0.25, -0.2) is 0 Å². The first-order chi connectivity index (χ1) is 3.63. The quantitative estimate of drug-likeness (QED) is 0.542. The highest BCUT2D eigenvalue weighted by molar-refractivity contribution is 6.29. The van der Waals surface area contributed by atoms with Crippen LogP contribution in [0.25, 0.3) is 0 Å². The van der Waals surface area contributed by atoms with Crippen LogP contribution in [0.5, 0.6) is 0 Å². The van der Waals surface area contributed by atoms with E-state index in [1.807, 2.05) is 13.0 Å². The summed E-state index contributed by atoms with van der Waals surface area (Å²) in [4.78, 5) is 0. The topological polar surface area (TPSA) is 0 Å². The van der Waals surface area contributed by atoms with Gasteiger partial charge in [-0.15, -0.1) is 0 Å². The maximum absolute atomic E-state index is 5.58. The third kappa shape index (κ3) is 6.03. The molecule has 0 fully saturated rings. The molecule has 0 unspecified atom stereocenters. The summed E-state index contributed by atoms with van der Waals surface area (Å²) in [6, 6.07) is 0. The summed E-state index contributed by atoms with van der Waals surface area (Å²) in [5.74, 6) is 0.726. The number of hydrogen-bond acceptors (Lipinski definition) is 0. The van der Waals surface area contributed by atoms with Gasteiger partial charge in [0.1, 0.15) is 0 Å². The second kappa shape index (κ2) is 3.96. The second-order valence-electron chi connectivity index (χ2n) is 2.42. The molecule has 0 rings (SSSR count). The lowest BCUT2D eigenvalue weighted by Gasteiger charge is -1.95. The molecule has 0 aromatic carbocycles. The first-order valence-electron chi connectivity index (χ1n) is 2.95. The second-order valence-corrected chi connectivity index (χ2v) is 3.02. The Morgan fingerprint density at radius 2 is 2.12 bits per heavy atom. The third-order valence-corrected chi connectivity index (χ3v) is 1.02. The molecule has 0 aromatic heterocycles. The molecule has 0 radical (unpaired) electrons. The van der Waals surface area contributed by atoms with Gasteiger partial charge < -0.3 is 0 Å². The average molecular weight is 133 g/mol. The van der Waals surface area contributed by atoms with E-state index in [1.165, 1.54) is 0 Å². The molecule has 0 nitrogen and oxygen atoms in total. The van der Waals surface area contributed by atoms with Crippen LogP contribution >= 0.6 is 11.6 Å². The van der Waals surface area contributed by atoms with Gasteiger partial charge >= 0.3 is 0 Å². The van der Waals surface area contributed by atoms with Crippen LogP contribution in [0.3, 0.4) is 0 Å². The van der Waals surface area contributed by atoms with Crippen molar-refractivity contribution >= 4 is 11.6 Å². The molecule has 0 atom stereocenters. The molecule has 0 aliphatic rings. The van der Waals surface area contributed by atoms with E-state index < -0.39 is 0 Å². The van der Waals surface area contributed by atoms with Gasteiger partial charge in [-0.3, -0.25) is 0 Å². The van der Waals surface area contributed by atoms with Gasteiger partial charge in [0.15, 0.2) is 0 Å². The molecular formula is C7H13Cl. The van der Waals surface area contributed by atoms with Gasteiger partial charge in [-0.2, -0.15) is 0 Å². The smallest absolute Gasteiger partial charge is 0.0110 e. The molecule has 0 bridgehead atoms. The van der Waals surface area contributed by atoms with Crippen molar-refractivity contribution in [2.24, 2.45) is 5.92 Å². The van der Waals surface area contributed by atoms with Crippen LogP contribution < -0.4 is 0 Å². The van der Waals surface area contributed by atoms with Gasteiger partial charge in [-0.1, -0.05) is 31.5 Å². The lowest BCUT2D eigenvalue weighted by atomic mass is 10.1. The van der Waals surface area contributed by atoms with Crippen LogP contribution in [0, 0.1) is 5.92 Å². The van der Waals surface area contributed by atoms with Crippen molar-refractivity contribution in [2.45, 2.75) is 27.2 Å². The summed E-state index contributed by atoms with van der Waals surface area (Å²) in [6.07, 6.45) is 3.14. The molecular weight excluding hydrogens is 120 g/mol. The summed E-state index contributed by atoms with van der Waals surface area (Å²) >= 11 is 5.58. The first-order valence-corrected chi connectivity index (χ1v) is 3.33. The monoisotopic (exact) mass is 132 g/mol. The van der Waals surface area contributed by atoms with E-state index >= 15 is 0 Å². The molecule has 1 heteroatoms. The molecule has 0 spiro atoms. The average Bonchev–Trinajstić information content (AvgIpc) is 1.61. The predicted molar refractivity (Wildman–Crippen MR) is 39.1 cm³/mol. The van der Waals surface area contributed by atoms with Gasteiger partial charge in [0.05, 0.1) is 0 Å². The number of hydrogen-bond donors (Lipinski definition) is 0. The zero-order valence-corrected chi connectivity index (χ0v) is 6.50. The highest BCUT2D eigenvalue weighted by Crippen LogP contribution is 2.05. The van der Waals surface area contributed by atoms with Crippen molar-refractivity contribution in [1.82, 2.24) is 0 Å². The van der Waals surface area contributed by atoms with Crippen LogP contribution in [-0.4, -0.2) is 0 Å². The fourth-order valence-electron chi connectivity index (χ4n) is 0.398. The Kier molecular flexibility index (Phi) is 3.98. The van der Waals surface area contributed by atoms with Gasteiger partial charge in [0.2, 0.25) is 0 Å². The van der Waals surface area contributed by atoms with Crippen LogP contribution in [0.4, 0.5) is 0 Å². The minimum Gasteiger partial charge on any atom is -0.0898 e. The zero-order chi connectivity index (χ0) is 6.57. The maximum Gasteiger partial charge on any atom is 0.0110 e. The Morgan fingerprint density at radius 1 is 1.62 bits per heavy atom. The van der Waals surface area contributed by atoms with Gasteiger partial charge in [0, 0.05) is 5.03 Å². The Morgan fingerprint density at radius 3 is 2.25 bits per heavy atom. The number of allylic oxidation sites excluding steroid dienone is 2. The van der Waals surface area contributed by atoms with Gasteiger partial charge in [-0.05, 0) is 19.3 Å². The van der Waals surface area contributed by atoms with Crippen molar-refractivity contribution in [3.8, 4) is 0 Å².